The van der Waals surface area contributed by atoms with E-state index in [-0.39, 0.29) is 5.91 Å². The van der Waals surface area contributed by atoms with Crippen molar-refractivity contribution in [2.75, 3.05) is 6.54 Å². The second-order valence-corrected chi connectivity index (χ2v) is 4.98. The summed E-state index contributed by atoms with van der Waals surface area (Å²) >= 11 is 1.58. The van der Waals surface area contributed by atoms with Crippen molar-refractivity contribution in [3.05, 3.63) is 28.5 Å². The zero-order valence-electron chi connectivity index (χ0n) is 10.3. The normalized spacial score (nSPS) is 11.9. The average molecular weight is 253 g/mol. The van der Waals surface area contributed by atoms with E-state index >= 15 is 0 Å². The van der Waals surface area contributed by atoms with Gasteiger partial charge in [-0.3, -0.25) is 4.79 Å². The number of carbonyl (C=O) groups is 1. The maximum absolute atomic E-state index is 11.5. The first-order valence-corrected chi connectivity index (χ1v) is 6.69. The molecule has 0 fully saturated rings. The van der Waals surface area contributed by atoms with Gasteiger partial charge in [0.1, 0.15) is 0 Å². The zero-order chi connectivity index (χ0) is 12.7. The fraction of sp³-hybridized carbons (Fsp3) is 0.462. The number of hydrogen-bond acceptors (Lipinski definition) is 3. The van der Waals surface area contributed by atoms with Crippen molar-refractivity contribution in [1.82, 2.24) is 5.32 Å². The van der Waals surface area contributed by atoms with Crippen LogP contribution in [0.1, 0.15) is 31.6 Å². The average Bonchev–Trinajstić information content (AvgIpc) is 2.86. The van der Waals surface area contributed by atoms with E-state index in [0.717, 1.165) is 4.88 Å². The molecule has 4 heteroatoms. The lowest BCUT2D eigenvalue weighted by atomic mass is 9.98. The van der Waals surface area contributed by atoms with Crippen LogP contribution in [0.2, 0.25) is 0 Å². The molecule has 0 bridgehead atoms. The highest BCUT2D eigenvalue weighted by Crippen LogP contribution is 2.13. The smallest absolute Gasteiger partial charge is 0.244 e. The van der Waals surface area contributed by atoms with Gasteiger partial charge >= 0.3 is 0 Å². The Morgan fingerprint density at radius 3 is 2.76 bits per heavy atom. The molecule has 0 aliphatic rings. The van der Waals surface area contributed by atoms with E-state index in [1.807, 2.05) is 31.4 Å². The van der Waals surface area contributed by atoms with E-state index in [0.29, 0.717) is 19.4 Å². The molecule has 0 aliphatic carbocycles. The predicted molar refractivity (Wildman–Crippen MR) is 71.9 cm³/mol. The van der Waals surface area contributed by atoms with Crippen LogP contribution in [0.15, 0.2) is 23.6 Å². The molecule has 0 spiro atoms. The molecule has 0 saturated carbocycles. The van der Waals surface area contributed by atoms with Crippen molar-refractivity contribution in [2.45, 2.75) is 32.3 Å². The molecule has 3 nitrogen and oxygen atoms in total. The summed E-state index contributed by atoms with van der Waals surface area (Å²) in [5.74, 6) is -0.168. The topological polar surface area (TPSA) is 49.3 Å². The molecule has 0 radical (unpaired) electrons. The molecule has 1 aromatic heterocycles. The van der Waals surface area contributed by atoms with Crippen LogP contribution in [0.4, 0.5) is 0 Å². The van der Waals surface area contributed by atoms with E-state index in [9.17, 15) is 9.90 Å². The zero-order valence-corrected chi connectivity index (χ0v) is 11.1. The van der Waals surface area contributed by atoms with Gasteiger partial charge in [0, 0.05) is 17.5 Å². The summed E-state index contributed by atoms with van der Waals surface area (Å²) in [6.07, 6.45) is 4.55. The van der Waals surface area contributed by atoms with Gasteiger partial charge in [-0.2, -0.15) is 0 Å². The molecule has 0 atom stereocenters. The first-order chi connectivity index (χ1) is 8.09. The molecule has 1 rings (SSSR count). The molecule has 1 aromatic rings. The number of nitrogens with one attached hydrogen (secondary N) is 1. The number of aliphatic hydroxyl groups is 1. The van der Waals surface area contributed by atoms with Crippen LogP contribution >= 0.6 is 11.3 Å². The van der Waals surface area contributed by atoms with Gasteiger partial charge in [-0.15, -0.1) is 11.3 Å². The van der Waals surface area contributed by atoms with Crippen molar-refractivity contribution < 1.29 is 9.90 Å². The standard InChI is InChI=1S/C13H19NO2S/c1-3-13(16,4-2)10-14-12(15)8-7-11-6-5-9-17-11/h5-9,16H,3-4,10H2,1-2H3,(H,14,15). The minimum absolute atomic E-state index is 0.168. The second-order valence-electron chi connectivity index (χ2n) is 4.00. The molecule has 2 N–H and O–H groups in total. The number of amides is 1. The molecule has 0 aliphatic heterocycles. The van der Waals surface area contributed by atoms with Gasteiger partial charge in [0.2, 0.25) is 5.91 Å². The van der Waals surface area contributed by atoms with Crippen LogP contribution < -0.4 is 5.32 Å². The molecule has 1 amide bonds. The Hall–Kier alpha value is -1.13. The monoisotopic (exact) mass is 253 g/mol. The fourth-order valence-electron chi connectivity index (χ4n) is 1.35. The second kappa shape index (κ2) is 6.57. The minimum atomic E-state index is -0.785. The predicted octanol–water partition coefficient (Wildman–Crippen LogP) is 2.43. The molecular formula is C13H19NO2S. The number of thiophene rings is 1. The van der Waals surface area contributed by atoms with Crippen molar-refractivity contribution in [1.29, 1.82) is 0 Å². The van der Waals surface area contributed by atoms with Crippen LogP contribution in [0.5, 0.6) is 0 Å². The van der Waals surface area contributed by atoms with Crippen LogP contribution in [0.25, 0.3) is 6.08 Å². The van der Waals surface area contributed by atoms with Crippen molar-refractivity contribution in [3.63, 3.8) is 0 Å². The molecule has 0 unspecified atom stereocenters. The number of carbonyl (C=O) groups excluding carboxylic acids is 1. The summed E-state index contributed by atoms with van der Waals surface area (Å²) in [6, 6.07) is 3.89. The van der Waals surface area contributed by atoms with Crippen molar-refractivity contribution >= 4 is 23.3 Å². The molecule has 17 heavy (non-hydrogen) atoms. The maximum Gasteiger partial charge on any atom is 0.244 e. The third kappa shape index (κ3) is 4.71. The highest BCUT2D eigenvalue weighted by Gasteiger charge is 2.22. The Bertz CT molecular complexity index is 367. The molecule has 0 aromatic carbocycles. The van der Waals surface area contributed by atoms with Crippen LogP contribution in [-0.2, 0) is 4.79 Å². The van der Waals surface area contributed by atoms with Gasteiger partial charge in [-0.05, 0) is 30.4 Å². The van der Waals surface area contributed by atoms with Gasteiger partial charge in [-0.25, -0.2) is 0 Å². The van der Waals surface area contributed by atoms with Gasteiger partial charge in [-0.1, -0.05) is 19.9 Å². The summed E-state index contributed by atoms with van der Waals surface area (Å²) in [7, 11) is 0. The molecular weight excluding hydrogens is 234 g/mol. The Labute approximate surface area is 106 Å². The van der Waals surface area contributed by atoms with E-state index in [1.165, 1.54) is 6.08 Å². The van der Waals surface area contributed by atoms with Crippen molar-refractivity contribution in [2.24, 2.45) is 0 Å². The summed E-state index contributed by atoms with van der Waals surface area (Å²) in [5.41, 5.74) is -0.785. The maximum atomic E-state index is 11.5. The molecule has 0 saturated heterocycles. The van der Waals surface area contributed by atoms with Crippen LogP contribution in [-0.4, -0.2) is 23.2 Å². The summed E-state index contributed by atoms with van der Waals surface area (Å²) in [6.45, 7) is 4.13. The highest BCUT2D eigenvalue weighted by atomic mass is 32.1. The lowest BCUT2D eigenvalue weighted by molar-refractivity contribution is -0.117. The lowest BCUT2D eigenvalue weighted by Crippen LogP contribution is -2.41. The first-order valence-electron chi connectivity index (χ1n) is 5.81. The van der Waals surface area contributed by atoms with E-state index in [4.69, 9.17) is 0 Å². The summed E-state index contributed by atoms with van der Waals surface area (Å²) in [5, 5.41) is 14.7. The summed E-state index contributed by atoms with van der Waals surface area (Å²) in [4.78, 5) is 12.6. The largest absolute Gasteiger partial charge is 0.388 e. The quantitative estimate of drug-likeness (QED) is 0.765. The van der Waals surface area contributed by atoms with Gasteiger partial charge in [0.25, 0.3) is 0 Å². The highest BCUT2D eigenvalue weighted by molar-refractivity contribution is 7.10. The Balaban J connectivity index is 2.40. The van der Waals surface area contributed by atoms with E-state index < -0.39 is 5.60 Å². The number of rotatable bonds is 6. The van der Waals surface area contributed by atoms with E-state index in [2.05, 4.69) is 5.32 Å². The first kappa shape index (κ1) is 13.9. The fourth-order valence-corrected chi connectivity index (χ4v) is 1.97. The SMILES string of the molecule is CCC(O)(CC)CNC(=O)C=Cc1cccs1. The third-order valence-electron chi connectivity index (χ3n) is 2.85. The lowest BCUT2D eigenvalue weighted by Gasteiger charge is -2.24. The molecule has 1 heterocycles. The molecule has 94 valence electrons. The Morgan fingerprint density at radius 1 is 1.53 bits per heavy atom. The number of hydrogen-bond donors (Lipinski definition) is 2. The Morgan fingerprint density at radius 2 is 2.24 bits per heavy atom. The van der Waals surface area contributed by atoms with Crippen LogP contribution in [0.3, 0.4) is 0 Å². The van der Waals surface area contributed by atoms with Gasteiger partial charge in [0.15, 0.2) is 0 Å². The van der Waals surface area contributed by atoms with Gasteiger partial charge < -0.3 is 10.4 Å². The van der Waals surface area contributed by atoms with Crippen LogP contribution in [0, 0.1) is 0 Å². The van der Waals surface area contributed by atoms with E-state index in [1.54, 1.807) is 17.4 Å². The van der Waals surface area contributed by atoms with Crippen molar-refractivity contribution in [3.8, 4) is 0 Å². The minimum Gasteiger partial charge on any atom is -0.388 e. The summed E-state index contributed by atoms with van der Waals surface area (Å²) < 4.78 is 0. The Kier molecular flexibility index (Phi) is 5.38. The third-order valence-corrected chi connectivity index (χ3v) is 3.69. The van der Waals surface area contributed by atoms with Gasteiger partial charge in [0.05, 0.1) is 5.60 Å².